The summed E-state index contributed by atoms with van der Waals surface area (Å²) in [4.78, 5) is 12.1. The number of hydrogen-bond donors (Lipinski definition) is 2. The average Bonchev–Trinajstić information content (AvgIpc) is 3.24. The number of rotatable bonds is 3. The van der Waals surface area contributed by atoms with Crippen molar-refractivity contribution in [3.05, 3.63) is 48.4 Å². The van der Waals surface area contributed by atoms with Crippen molar-refractivity contribution in [1.82, 2.24) is 24.8 Å². The molecule has 2 aromatic heterocycles. The number of fused-ring (bicyclic) bond motifs is 1. The molecule has 3 aromatic rings. The zero-order valence-electron chi connectivity index (χ0n) is 13.0. The van der Waals surface area contributed by atoms with Crippen LogP contribution in [-0.2, 0) is 13.0 Å². The van der Waals surface area contributed by atoms with Crippen LogP contribution in [0.2, 0.25) is 0 Å². The molecule has 24 heavy (non-hydrogen) atoms. The Hall–Kier alpha value is -3.16. The third-order valence-electron chi connectivity index (χ3n) is 3.97. The van der Waals surface area contributed by atoms with Crippen LogP contribution in [-0.4, -0.2) is 30.8 Å². The summed E-state index contributed by atoms with van der Waals surface area (Å²) in [5.41, 5.74) is 2.74. The van der Waals surface area contributed by atoms with Gasteiger partial charge in [0, 0.05) is 24.0 Å². The number of benzene rings is 1. The Kier molecular flexibility index (Phi) is 3.70. The quantitative estimate of drug-likeness (QED) is 0.774. The molecule has 122 valence electrons. The van der Waals surface area contributed by atoms with E-state index in [0.29, 0.717) is 11.5 Å². The van der Waals surface area contributed by atoms with Crippen molar-refractivity contribution in [3.8, 4) is 5.69 Å². The lowest BCUT2D eigenvalue weighted by Crippen LogP contribution is -2.20. The molecule has 0 unspecified atom stereocenters. The van der Waals surface area contributed by atoms with E-state index in [-0.39, 0.29) is 6.03 Å². The lowest BCUT2D eigenvalue weighted by Gasteiger charge is -2.11. The van der Waals surface area contributed by atoms with Gasteiger partial charge in [0.1, 0.15) is 0 Å². The van der Waals surface area contributed by atoms with Gasteiger partial charge in [-0.2, -0.15) is 5.10 Å². The number of carbonyl (C=O) groups is 1. The molecule has 2 N–H and O–H groups in total. The molecule has 0 saturated carbocycles. The van der Waals surface area contributed by atoms with E-state index < -0.39 is 0 Å². The van der Waals surface area contributed by atoms with Crippen molar-refractivity contribution in [1.29, 1.82) is 0 Å². The number of nitrogens with zero attached hydrogens (tertiary/aromatic N) is 5. The molecule has 2 amide bonds. The van der Waals surface area contributed by atoms with Crippen LogP contribution >= 0.6 is 0 Å². The van der Waals surface area contributed by atoms with Crippen LogP contribution in [0.4, 0.5) is 16.3 Å². The SMILES string of the molecule is O=C(Nc1ccc(-n2ccnn2)cc1)Nc1cc2n(n1)CCCC2. The number of anilines is 2. The number of carbonyl (C=O) groups excluding carboxylic acids is 1. The van der Waals surface area contributed by atoms with Crippen LogP contribution in [0.3, 0.4) is 0 Å². The predicted molar refractivity (Wildman–Crippen MR) is 89.2 cm³/mol. The Morgan fingerprint density at radius 2 is 2.00 bits per heavy atom. The molecule has 1 aliphatic rings. The highest BCUT2D eigenvalue weighted by atomic mass is 16.2. The molecule has 0 fully saturated rings. The summed E-state index contributed by atoms with van der Waals surface area (Å²) in [6.07, 6.45) is 6.70. The fourth-order valence-corrected chi connectivity index (χ4v) is 2.80. The smallest absolute Gasteiger partial charge is 0.308 e. The molecule has 4 rings (SSSR count). The normalized spacial score (nSPS) is 13.3. The first-order chi connectivity index (χ1) is 11.8. The zero-order chi connectivity index (χ0) is 16.4. The van der Waals surface area contributed by atoms with Crippen molar-refractivity contribution in [2.45, 2.75) is 25.8 Å². The monoisotopic (exact) mass is 323 g/mol. The molecule has 0 spiro atoms. The Morgan fingerprint density at radius 1 is 1.12 bits per heavy atom. The van der Waals surface area contributed by atoms with Crippen LogP contribution in [0.15, 0.2) is 42.7 Å². The van der Waals surface area contributed by atoms with E-state index >= 15 is 0 Å². The summed E-state index contributed by atoms with van der Waals surface area (Å²) >= 11 is 0. The van der Waals surface area contributed by atoms with Gasteiger partial charge in [-0.25, -0.2) is 9.48 Å². The summed E-state index contributed by atoms with van der Waals surface area (Å²) in [7, 11) is 0. The third kappa shape index (κ3) is 2.98. The van der Waals surface area contributed by atoms with Gasteiger partial charge in [0.2, 0.25) is 0 Å². The van der Waals surface area contributed by atoms with Crippen LogP contribution < -0.4 is 10.6 Å². The van der Waals surface area contributed by atoms with E-state index in [2.05, 4.69) is 26.0 Å². The standard InChI is InChI=1S/C16H17N7O/c24-16(19-15-11-14-3-1-2-9-22(14)20-15)18-12-4-6-13(7-5-12)23-10-8-17-21-23/h4-8,10-11H,1-3,9H2,(H2,18,19,20,24). The van der Waals surface area contributed by atoms with E-state index in [4.69, 9.17) is 0 Å². The second-order valence-corrected chi connectivity index (χ2v) is 5.67. The van der Waals surface area contributed by atoms with Gasteiger partial charge in [-0.1, -0.05) is 5.21 Å². The summed E-state index contributed by atoms with van der Waals surface area (Å²) in [6, 6.07) is 8.98. The molecule has 1 aromatic carbocycles. The number of hydrogen-bond acceptors (Lipinski definition) is 4. The van der Waals surface area contributed by atoms with Crippen molar-refractivity contribution < 1.29 is 4.79 Å². The Morgan fingerprint density at radius 3 is 2.75 bits per heavy atom. The molecular formula is C16H17N7O. The number of nitrogens with one attached hydrogen (secondary N) is 2. The predicted octanol–water partition coefficient (Wildman–Crippen LogP) is 2.44. The van der Waals surface area contributed by atoms with Gasteiger partial charge in [0.15, 0.2) is 5.82 Å². The first kappa shape index (κ1) is 14.4. The fraction of sp³-hybridized carbons (Fsp3) is 0.250. The van der Waals surface area contributed by atoms with Crippen molar-refractivity contribution in [2.24, 2.45) is 0 Å². The van der Waals surface area contributed by atoms with Crippen molar-refractivity contribution in [2.75, 3.05) is 10.6 Å². The van der Waals surface area contributed by atoms with E-state index in [0.717, 1.165) is 25.1 Å². The van der Waals surface area contributed by atoms with Gasteiger partial charge in [-0.3, -0.25) is 10.00 Å². The summed E-state index contributed by atoms with van der Waals surface area (Å²) in [5, 5.41) is 17.7. The Balaban J connectivity index is 1.40. The highest BCUT2D eigenvalue weighted by Gasteiger charge is 2.13. The minimum Gasteiger partial charge on any atom is -0.308 e. The maximum absolute atomic E-state index is 12.1. The first-order valence-electron chi connectivity index (χ1n) is 7.89. The van der Waals surface area contributed by atoms with Gasteiger partial charge in [0.25, 0.3) is 0 Å². The van der Waals surface area contributed by atoms with Gasteiger partial charge < -0.3 is 5.32 Å². The lowest BCUT2D eigenvalue weighted by atomic mass is 10.1. The Labute approximate surface area is 138 Å². The Bertz CT molecular complexity index is 812. The molecule has 0 aliphatic carbocycles. The maximum Gasteiger partial charge on any atom is 0.324 e. The molecule has 8 heteroatoms. The molecule has 0 bridgehead atoms. The number of aryl methyl sites for hydroxylation is 2. The second kappa shape index (κ2) is 6.15. The van der Waals surface area contributed by atoms with Crippen molar-refractivity contribution >= 4 is 17.5 Å². The summed E-state index contributed by atoms with van der Waals surface area (Å²) < 4.78 is 3.62. The highest BCUT2D eigenvalue weighted by Crippen LogP contribution is 2.18. The van der Waals surface area contributed by atoms with Gasteiger partial charge >= 0.3 is 6.03 Å². The molecule has 0 atom stereocenters. The first-order valence-corrected chi connectivity index (χ1v) is 7.89. The number of urea groups is 1. The van der Waals surface area contributed by atoms with E-state index in [1.54, 1.807) is 17.1 Å². The largest absolute Gasteiger partial charge is 0.324 e. The summed E-state index contributed by atoms with van der Waals surface area (Å²) in [6.45, 7) is 0.919. The molecule has 3 heterocycles. The second-order valence-electron chi connectivity index (χ2n) is 5.67. The maximum atomic E-state index is 12.1. The molecule has 8 nitrogen and oxygen atoms in total. The molecule has 0 radical (unpaired) electrons. The molecule has 1 aliphatic heterocycles. The van der Waals surface area contributed by atoms with E-state index in [1.807, 2.05) is 35.0 Å². The fourth-order valence-electron chi connectivity index (χ4n) is 2.80. The molecule has 0 saturated heterocycles. The van der Waals surface area contributed by atoms with Crippen LogP contribution in [0, 0.1) is 0 Å². The molecular weight excluding hydrogens is 306 g/mol. The van der Waals surface area contributed by atoms with Crippen molar-refractivity contribution in [3.63, 3.8) is 0 Å². The van der Waals surface area contributed by atoms with Gasteiger partial charge in [-0.05, 0) is 43.5 Å². The number of aromatic nitrogens is 5. The van der Waals surface area contributed by atoms with Gasteiger partial charge in [-0.15, -0.1) is 5.10 Å². The highest BCUT2D eigenvalue weighted by molar-refractivity contribution is 5.99. The van der Waals surface area contributed by atoms with Crippen LogP contribution in [0.1, 0.15) is 18.5 Å². The minimum atomic E-state index is -0.307. The third-order valence-corrected chi connectivity index (χ3v) is 3.97. The lowest BCUT2D eigenvalue weighted by molar-refractivity contribution is 0.262. The number of amides is 2. The zero-order valence-corrected chi connectivity index (χ0v) is 13.0. The van der Waals surface area contributed by atoms with Crippen LogP contribution in [0.5, 0.6) is 0 Å². The summed E-state index contributed by atoms with van der Waals surface area (Å²) in [5.74, 6) is 0.587. The van der Waals surface area contributed by atoms with E-state index in [1.165, 1.54) is 12.1 Å². The van der Waals surface area contributed by atoms with Crippen LogP contribution in [0.25, 0.3) is 5.69 Å². The van der Waals surface area contributed by atoms with E-state index in [9.17, 15) is 4.79 Å². The topological polar surface area (TPSA) is 89.7 Å². The minimum absolute atomic E-state index is 0.307. The average molecular weight is 323 g/mol. The van der Waals surface area contributed by atoms with Gasteiger partial charge in [0.05, 0.1) is 18.1 Å².